The summed E-state index contributed by atoms with van der Waals surface area (Å²) in [5, 5.41) is 12.6. The summed E-state index contributed by atoms with van der Waals surface area (Å²) in [6, 6.07) is 0. The average Bonchev–Trinajstić information content (AvgIpc) is 2.69. The number of carbonyl (C=O) groups excluding carboxylic acids is 1. The van der Waals surface area contributed by atoms with E-state index >= 15 is 0 Å². The summed E-state index contributed by atoms with van der Waals surface area (Å²) in [5.74, 6) is 0.438. The van der Waals surface area contributed by atoms with Crippen LogP contribution in [0.15, 0.2) is 12.4 Å². The van der Waals surface area contributed by atoms with Crippen molar-refractivity contribution in [3.05, 3.63) is 18.1 Å². The quantitative estimate of drug-likeness (QED) is 0.762. The normalized spacial score (nSPS) is 23.8. The molecular formula is C11H16N4O2. The van der Waals surface area contributed by atoms with Gasteiger partial charge in [0.25, 0.3) is 5.91 Å². The van der Waals surface area contributed by atoms with Crippen LogP contribution in [-0.2, 0) is 0 Å². The van der Waals surface area contributed by atoms with Gasteiger partial charge in [0.2, 0.25) is 0 Å². The van der Waals surface area contributed by atoms with Crippen LogP contribution in [-0.4, -0.2) is 51.6 Å². The summed E-state index contributed by atoms with van der Waals surface area (Å²) in [6.45, 7) is 2.64. The van der Waals surface area contributed by atoms with Gasteiger partial charge in [-0.05, 0) is 13.3 Å². The smallest absolute Gasteiger partial charge is 0.274 e. The summed E-state index contributed by atoms with van der Waals surface area (Å²) < 4.78 is 0. The molecule has 1 amide bonds. The third-order valence-corrected chi connectivity index (χ3v) is 2.87. The number of hydrogen-bond donors (Lipinski definition) is 2. The van der Waals surface area contributed by atoms with E-state index in [9.17, 15) is 9.90 Å². The average molecular weight is 236 g/mol. The molecule has 6 heteroatoms. The molecule has 0 radical (unpaired) electrons. The number of rotatable bonds is 2. The first kappa shape index (κ1) is 11.8. The highest BCUT2D eigenvalue weighted by Gasteiger charge is 2.34. The number of aliphatic hydroxyl groups is 1. The van der Waals surface area contributed by atoms with Crippen LogP contribution in [0.4, 0.5) is 5.82 Å². The van der Waals surface area contributed by atoms with Gasteiger partial charge in [0, 0.05) is 20.1 Å². The van der Waals surface area contributed by atoms with Crippen molar-refractivity contribution >= 4 is 11.7 Å². The maximum absolute atomic E-state index is 12.0. The molecule has 1 aromatic heterocycles. The second-order valence-electron chi connectivity index (χ2n) is 4.51. The Balaban J connectivity index is 2.09. The SMILES string of the molecule is CNc1cnc(C(=O)N2CCC(C)(O)C2)cn1. The lowest BCUT2D eigenvalue weighted by atomic mass is 10.1. The van der Waals surface area contributed by atoms with Gasteiger partial charge >= 0.3 is 0 Å². The second kappa shape index (κ2) is 4.29. The van der Waals surface area contributed by atoms with Gasteiger partial charge in [-0.1, -0.05) is 0 Å². The van der Waals surface area contributed by atoms with Gasteiger partial charge in [-0.25, -0.2) is 9.97 Å². The van der Waals surface area contributed by atoms with Gasteiger partial charge in [-0.15, -0.1) is 0 Å². The van der Waals surface area contributed by atoms with E-state index in [-0.39, 0.29) is 5.91 Å². The van der Waals surface area contributed by atoms with Gasteiger partial charge in [0.1, 0.15) is 11.5 Å². The van der Waals surface area contributed by atoms with Crippen LogP contribution in [0.2, 0.25) is 0 Å². The maximum atomic E-state index is 12.0. The fraction of sp³-hybridized carbons (Fsp3) is 0.545. The van der Waals surface area contributed by atoms with Crippen LogP contribution in [0.25, 0.3) is 0 Å². The largest absolute Gasteiger partial charge is 0.388 e. The van der Waals surface area contributed by atoms with Crippen molar-refractivity contribution in [2.24, 2.45) is 0 Å². The van der Waals surface area contributed by atoms with Crippen molar-refractivity contribution in [2.75, 3.05) is 25.5 Å². The van der Waals surface area contributed by atoms with Crippen molar-refractivity contribution in [3.63, 3.8) is 0 Å². The van der Waals surface area contributed by atoms with E-state index in [0.717, 1.165) is 0 Å². The lowest BCUT2D eigenvalue weighted by Gasteiger charge is -2.18. The molecule has 6 nitrogen and oxygen atoms in total. The van der Waals surface area contributed by atoms with E-state index < -0.39 is 5.60 Å². The predicted molar refractivity (Wildman–Crippen MR) is 62.7 cm³/mol. The Morgan fingerprint density at radius 1 is 1.53 bits per heavy atom. The number of anilines is 1. The summed E-state index contributed by atoms with van der Waals surface area (Å²) in [5.41, 5.74) is -0.477. The summed E-state index contributed by atoms with van der Waals surface area (Å²) in [6.07, 6.45) is 3.56. The molecule has 1 aliphatic rings. The molecule has 2 N–H and O–H groups in total. The van der Waals surface area contributed by atoms with E-state index in [1.165, 1.54) is 12.4 Å². The number of amides is 1. The first-order valence-electron chi connectivity index (χ1n) is 5.53. The molecule has 1 fully saturated rings. The van der Waals surface area contributed by atoms with Gasteiger partial charge in [0.05, 0.1) is 18.0 Å². The third kappa shape index (κ3) is 2.52. The minimum atomic E-state index is -0.784. The number of aromatic nitrogens is 2. The standard InChI is InChI=1S/C11H16N4O2/c1-11(17)3-4-15(7-11)10(16)8-5-14-9(12-2)6-13-8/h5-6,17H,3-4,7H2,1-2H3,(H,12,14). The van der Waals surface area contributed by atoms with Crippen LogP contribution < -0.4 is 5.32 Å². The Kier molecular flexibility index (Phi) is 2.97. The lowest BCUT2D eigenvalue weighted by Crippen LogP contribution is -2.34. The van der Waals surface area contributed by atoms with E-state index in [1.807, 2.05) is 0 Å². The number of hydrogen-bond acceptors (Lipinski definition) is 5. The number of carbonyl (C=O) groups is 1. The number of likely N-dealkylation sites (tertiary alicyclic amines) is 1. The van der Waals surface area contributed by atoms with E-state index in [0.29, 0.717) is 31.0 Å². The van der Waals surface area contributed by atoms with Gasteiger partial charge in [0.15, 0.2) is 0 Å². The fourth-order valence-corrected chi connectivity index (χ4v) is 1.85. The summed E-state index contributed by atoms with van der Waals surface area (Å²) >= 11 is 0. The second-order valence-corrected chi connectivity index (χ2v) is 4.51. The molecule has 2 heterocycles. The van der Waals surface area contributed by atoms with Crippen LogP contribution in [0.3, 0.4) is 0 Å². The monoisotopic (exact) mass is 236 g/mol. The van der Waals surface area contributed by atoms with Crippen molar-refractivity contribution in [1.29, 1.82) is 0 Å². The first-order valence-corrected chi connectivity index (χ1v) is 5.53. The molecule has 92 valence electrons. The molecule has 1 aromatic rings. The van der Waals surface area contributed by atoms with Crippen LogP contribution in [0, 0.1) is 0 Å². The summed E-state index contributed by atoms with van der Waals surface area (Å²) in [4.78, 5) is 21.7. The molecule has 2 rings (SSSR count). The lowest BCUT2D eigenvalue weighted by molar-refractivity contribution is 0.0569. The molecule has 0 spiro atoms. The Hall–Kier alpha value is -1.69. The van der Waals surface area contributed by atoms with Crippen LogP contribution in [0.5, 0.6) is 0 Å². The minimum Gasteiger partial charge on any atom is -0.388 e. The number of nitrogens with one attached hydrogen (secondary N) is 1. The predicted octanol–water partition coefficient (Wildman–Crippen LogP) is 0.115. The first-order chi connectivity index (χ1) is 8.02. The fourth-order valence-electron chi connectivity index (χ4n) is 1.85. The molecule has 1 atom stereocenters. The molecule has 1 aliphatic heterocycles. The van der Waals surface area contributed by atoms with Gasteiger partial charge < -0.3 is 15.3 Å². The van der Waals surface area contributed by atoms with Crippen LogP contribution >= 0.6 is 0 Å². The zero-order valence-corrected chi connectivity index (χ0v) is 9.97. The van der Waals surface area contributed by atoms with Crippen LogP contribution in [0.1, 0.15) is 23.8 Å². The number of nitrogens with zero attached hydrogens (tertiary/aromatic N) is 3. The molecule has 0 aliphatic carbocycles. The van der Waals surface area contributed by atoms with Gasteiger partial charge in [-0.3, -0.25) is 4.79 Å². The molecule has 1 saturated heterocycles. The highest BCUT2D eigenvalue weighted by Crippen LogP contribution is 2.21. The number of β-amino-alcohol motifs (C(OH)–C–C–N with tert-alkyl or cyclic N) is 1. The Labute approximate surface area is 99.7 Å². The van der Waals surface area contributed by atoms with E-state index in [4.69, 9.17) is 0 Å². The Bertz CT molecular complexity index is 416. The van der Waals surface area contributed by atoms with Crippen molar-refractivity contribution in [2.45, 2.75) is 18.9 Å². The maximum Gasteiger partial charge on any atom is 0.274 e. The zero-order chi connectivity index (χ0) is 12.5. The van der Waals surface area contributed by atoms with E-state index in [2.05, 4.69) is 15.3 Å². The molecule has 0 bridgehead atoms. The third-order valence-electron chi connectivity index (χ3n) is 2.87. The molecule has 0 saturated carbocycles. The highest BCUT2D eigenvalue weighted by atomic mass is 16.3. The highest BCUT2D eigenvalue weighted by molar-refractivity contribution is 5.92. The van der Waals surface area contributed by atoms with Gasteiger partial charge in [-0.2, -0.15) is 0 Å². The molecular weight excluding hydrogens is 220 g/mol. The van der Waals surface area contributed by atoms with Crippen molar-refractivity contribution in [1.82, 2.24) is 14.9 Å². The van der Waals surface area contributed by atoms with Crippen molar-refractivity contribution < 1.29 is 9.90 Å². The molecule has 1 unspecified atom stereocenters. The minimum absolute atomic E-state index is 0.182. The zero-order valence-electron chi connectivity index (χ0n) is 9.97. The molecule has 0 aromatic carbocycles. The Morgan fingerprint density at radius 2 is 2.29 bits per heavy atom. The Morgan fingerprint density at radius 3 is 2.76 bits per heavy atom. The topological polar surface area (TPSA) is 78.4 Å². The van der Waals surface area contributed by atoms with Crippen molar-refractivity contribution in [3.8, 4) is 0 Å². The summed E-state index contributed by atoms with van der Waals surface area (Å²) in [7, 11) is 1.74. The van der Waals surface area contributed by atoms with E-state index in [1.54, 1.807) is 18.9 Å². The molecule has 17 heavy (non-hydrogen) atoms.